The molecule has 11 nitrogen and oxygen atoms in total. The molecule has 1 saturated heterocycles. The van der Waals surface area contributed by atoms with Crippen LogP contribution in [0.15, 0.2) is 83.8 Å². The number of carbonyl (C=O) groups excluding carboxylic acids is 2. The Hall–Kier alpha value is -3.97. The number of morpholine rings is 1. The van der Waals surface area contributed by atoms with Crippen molar-refractivity contribution in [2.75, 3.05) is 53.2 Å². The number of sulfonamides is 1. The predicted molar refractivity (Wildman–Crippen MR) is 173 cm³/mol. The molecule has 0 aromatic heterocycles. The number of rotatable bonds is 16. The highest BCUT2D eigenvalue weighted by atomic mass is 32.2. The van der Waals surface area contributed by atoms with Crippen LogP contribution in [0, 0.1) is 0 Å². The number of ether oxygens (including phenoxy) is 4. The van der Waals surface area contributed by atoms with Gasteiger partial charge in [0.25, 0.3) is 5.91 Å². The summed E-state index contributed by atoms with van der Waals surface area (Å²) in [5, 5.41) is 2.97. The van der Waals surface area contributed by atoms with Gasteiger partial charge < -0.3 is 29.2 Å². The lowest BCUT2D eigenvalue weighted by atomic mass is 10.0. The Morgan fingerprint density at radius 3 is 2.22 bits per heavy atom. The molecule has 0 bridgehead atoms. The minimum absolute atomic E-state index is 0.0933. The SMILES string of the molecule is COc1ccc(CN(C(=O)COc2ccc(S(=O)(=O)N3CCOCC3)cc2)[C@H](C(=O)NCCCOC(C)C)c2ccccc2)cc1. The third kappa shape index (κ3) is 9.76. The van der Waals surface area contributed by atoms with Gasteiger partial charge in [-0.3, -0.25) is 9.59 Å². The average molecular weight is 654 g/mol. The van der Waals surface area contributed by atoms with Crippen molar-refractivity contribution in [2.24, 2.45) is 0 Å². The molecule has 3 aromatic carbocycles. The fourth-order valence-corrected chi connectivity index (χ4v) is 6.34. The molecular weight excluding hydrogens is 610 g/mol. The van der Waals surface area contributed by atoms with E-state index in [1.807, 2.05) is 56.3 Å². The van der Waals surface area contributed by atoms with E-state index in [2.05, 4.69) is 5.32 Å². The molecule has 1 N–H and O–H groups in total. The summed E-state index contributed by atoms with van der Waals surface area (Å²) < 4.78 is 49.4. The van der Waals surface area contributed by atoms with E-state index in [4.69, 9.17) is 18.9 Å². The summed E-state index contributed by atoms with van der Waals surface area (Å²) in [6.07, 6.45) is 0.717. The number of hydrogen-bond acceptors (Lipinski definition) is 8. The molecule has 0 aliphatic carbocycles. The molecule has 46 heavy (non-hydrogen) atoms. The van der Waals surface area contributed by atoms with Gasteiger partial charge in [-0.15, -0.1) is 0 Å². The van der Waals surface area contributed by atoms with Crippen LogP contribution in [-0.4, -0.2) is 88.7 Å². The van der Waals surface area contributed by atoms with Crippen LogP contribution in [0.4, 0.5) is 0 Å². The Labute approximate surface area is 271 Å². The number of nitrogens with one attached hydrogen (secondary N) is 1. The molecule has 12 heteroatoms. The normalized spacial score (nSPS) is 14.4. The minimum atomic E-state index is -3.67. The van der Waals surface area contributed by atoms with Crippen molar-refractivity contribution in [2.45, 2.75) is 43.9 Å². The van der Waals surface area contributed by atoms with Crippen molar-refractivity contribution >= 4 is 21.8 Å². The van der Waals surface area contributed by atoms with Gasteiger partial charge in [-0.05, 0) is 67.8 Å². The Morgan fingerprint density at radius 2 is 1.59 bits per heavy atom. The highest BCUT2D eigenvalue weighted by molar-refractivity contribution is 7.89. The average Bonchev–Trinajstić information content (AvgIpc) is 3.08. The van der Waals surface area contributed by atoms with Crippen molar-refractivity contribution in [3.8, 4) is 11.5 Å². The Balaban J connectivity index is 1.53. The maximum Gasteiger partial charge on any atom is 0.261 e. The van der Waals surface area contributed by atoms with Crippen LogP contribution in [0.25, 0.3) is 0 Å². The fraction of sp³-hybridized carbons (Fsp3) is 0.412. The van der Waals surface area contributed by atoms with Gasteiger partial charge >= 0.3 is 0 Å². The molecule has 0 radical (unpaired) electrons. The number of hydrogen-bond donors (Lipinski definition) is 1. The second kappa shape index (κ2) is 17.1. The van der Waals surface area contributed by atoms with Gasteiger partial charge in [0.1, 0.15) is 17.5 Å². The zero-order chi connectivity index (χ0) is 32.9. The first-order valence-electron chi connectivity index (χ1n) is 15.4. The molecule has 1 aliphatic rings. The van der Waals surface area contributed by atoms with Crippen LogP contribution in [0.3, 0.4) is 0 Å². The summed E-state index contributed by atoms with van der Waals surface area (Å²) in [6, 6.07) is 21.4. The van der Waals surface area contributed by atoms with E-state index in [0.717, 1.165) is 5.56 Å². The quantitative estimate of drug-likeness (QED) is 0.232. The molecule has 248 valence electrons. The zero-order valence-corrected chi connectivity index (χ0v) is 27.4. The molecule has 0 unspecified atom stereocenters. The van der Waals surface area contributed by atoms with Crippen LogP contribution < -0.4 is 14.8 Å². The van der Waals surface area contributed by atoms with Gasteiger partial charge in [0.2, 0.25) is 15.9 Å². The largest absolute Gasteiger partial charge is 0.497 e. The molecule has 3 aromatic rings. The van der Waals surface area contributed by atoms with E-state index in [1.165, 1.54) is 33.5 Å². The Kier molecular flexibility index (Phi) is 13.0. The maximum absolute atomic E-state index is 13.9. The van der Waals surface area contributed by atoms with E-state index >= 15 is 0 Å². The maximum atomic E-state index is 13.9. The summed E-state index contributed by atoms with van der Waals surface area (Å²) in [7, 11) is -2.09. The number of benzene rings is 3. The molecule has 0 saturated carbocycles. The molecule has 1 fully saturated rings. The third-order valence-corrected chi connectivity index (χ3v) is 9.29. The van der Waals surface area contributed by atoms with Crippen molar-refractivity contribution < 1.29 is 37.0 Å². The lowest BCUT2D eigenvalue weighted by Crippen LogP contribution is -2.45. The molecule has 1 heterocycles. The van der Waals surface area contributed by atoms with E-state index < -0.39 is 22.0 Å². The van der Waals surface area contributed by atoms with Gasteiger partial charge in [0, 0.05) is 32.8 Å². The summed E-state index contributed by atoms with van der Waals surface area (Å²) >= 11 is 0. The number of nitrogens with zero attached hydrogens (tertiary/aromatic N) is 2. The summed E-state index contributed by atoms with van der Waals surface area (Å²) in [5.41, 5.74) is 1.45. The smallest absolute Gasteiger partial charge is 0.261 e. The zero-order valence-electron chi connectivity index (χ0n) is 26.6. The molecule has 4 rings (SSSR count). The first-order valence-corrected chi connectivity index (χ1v) is 16.8. The van der Waals surface area contributed by atoms with Crippen molar-refractivity contribution in [1.82, 2.24) is 14.5 Å². The topological polar surface area (TPSA) is 124 Å². The summed E-state index contributed by atoms with van der Waals surface area (Å²) in [5.74, 6) is 0.248. The minimum Gasteiger partial charge on any atom is -0.497 e. The van der Waals surface area contributed by atoms with Crippen molar-refractivity contribution in [1.29, 1.82) is 0 Å². The van der Waals surface area contributed by atoms with Crippen LogP contribution in [0.5, 0.6) is 11.5 Å². The second-order valence-electron chi connectivity index (χ2n) is 11.0. The van der Waals surface area contributed by atoms with Crippen LogP contribution in [-0.2, 0) is 35.6 Å². The number of carbonyl (C=O) groups is 2. The molecule has 1 atom stereocenters. The van der Waals surface area contributed by atoms with E-state index in [0.29, 0.717) is 62.9 Å². The van der Waals surface area contributed by atoms with E-state index in [1.54, 1.807) is 19.2 Å². The standard InChI is InChI=1S/C34H43N3O8S/c1-26(2)44-21-7-18-35-34(39)33(28-8-5-4-6-9-28)37(24-27-10-12-29(42-3)13-11-27)32(38)25-45-30-14-16-31(17-15-30)46(40,41)36-19-22-43-23-20-36/h4-6,8-17,26,33H,7,18-25H2,1-3H3,(H,35,39)/t33-/m0/s1. The number of methoxy groups -OCH3 is 1. The van der Waals surface area contributed by atoms with Gasteiger partial charge in [-0.25, -0.2) is 8.42 Å². The molecular formula is C34H43N3O8S. The van der Waals surface area contributed by atoms with Gasteiger partial charge in [0.15, 0.2) is 6.61 Å². The lowest BCUT2D eigenvalue weighted by Gasteiger charge is -2.31. The van der Waals surface area contributed by atoms with E-state index in [-0.39, 0.29) is 30.1 Å². The monoisotopic (exact) mass is 653 g/mol. The van der Waals surface area contributed by atoms with E-state index in [9.17, 15) is 18.0 Å². The first-order chi connectivity index (χ1) is 22.2. The highest BCUT2D eigenvalue weighted by Crippen LogP contribution is 2.26. The summed E-state index contributed by atoms with van der Waals surface area (Å²) in [4.78, 5) is 29.3. The van der Waals surface area contributed by atoms with Crippen LogP contribution >= 0.6 is 0 Å². The molecule has 2 amide bonds. The van der Waals surface area contributed by atoms with Crippen LogP contribution in [0.1, 0.15) is 37.4 Å². The van der Waals surface area contributed by atoms with Crippen LogP contribution in [0.2, 0.25) is 0 Å². The fourth-order valence-electron chi connectivity index (χ4n) is 4.93. The Bertz CT molecular complexity index is 1490. The van der Waals surface area contributed by atoms with Gasteiger partial charge in [-0.2, -0.15) is 4.31 Å². The van der Waals surface area contributed by atoms with Gasteiger partial charge in [-0.1, -0.05) is 42.5 Å². The van der Waals surface area contributed by atoms with Crippen molar-refractivity contribution in [3.05, 3.63) is 90.0 Å². The lowest BCUT2D eigenvalue weighted by molar-refractivity contribution is -0.143. The molecule has 1 aliphatic heterocycles. The predicted octanol–water partition coefficient (Wildman–Crippen LogP) is 3.80. The van der Waals surface area contributed by atoms with Gasteiger partial charge in [0.05, 0.1) is 31.3 Å². The Morgan fingerprint density at radius 1 is 0.935 bits per heavy atom. The first kappa shape index (κ1) is 34.9. The highest BCUT2D eigenvalue weighted by Gasteiger charge is 2.32. The summed E-state index contributed by atoms with van der Waals surface area (Å²) in [6.45, 7) is 5.85. The second-order valence-corrected chi connectivity index (χ2v) is 13.0. The third-order valence-electron chi connectivity index (χ3n) is 7.37. The molecule has 0 spiro atoms. The van der Waals surface area contributed by atoms with Crippen molar-refractivity contribution in [3.63, 3.8) is 0 Å². The number of amides is 2.